The molecule has 13 nitrogen and oxygen atoms in total. The Labute approximate surface area is 195 Å². The third-order valence-electron chi connectivity index (χ3n) is 4.48. The molecule has 0 fully saturated rings. The Kier molecular flexibility index (Phi) is 11.4. The highest BCUT2D eigenvalue weighted by Crippen LogP contribution is 2.05. The summed E-state index contributed by atoms with van der Waals surface area (Å²) in [7, 11) is 0. The Morgan fingerprint density at radius 2 is 1.61 bits per heavy atom. The van der Waals surface area contributed by atoms with Gasteiger partial charge < -0.3 is 36.9 Å². The van der Waals surface area contributed by atoms with Gasteiger partial charge in [0.1, 0.15) is 18.1 Å². The second-order valence-electron chi connectivity index (χ2n) is 7.82. The molecular formula is C19H30N6O7S. The van der Waals surface area contributed by atoms with Crippen LogP contribution in [0.3, 0.4) is 0 Å². The second-order valence-corrected chi connectivity index (χ2v) is 8.18. The van der Waals surface area contributed by atoms with E-state index in [2.05, 4.69) is 38.5 Å². The van der Waals surface area contributed by atoms with E-state index in [0.29, 0.717) is 12.1 Å². The largest absolute Gasteiger partial charge is 0.481 e. The summed E-state index contributed by atoms with van der Waals surface area (Å²) in [6.45, 7) is 3.79. The summed E-state index contributed by atoms with van der Waals surface area (Å²) in [5.74, 6) is -5.26. The monoisotopic (exact) mass is 486 g/mol. The Morgan fingerprint density at radius 1 is 1.03 bits per heavy atom. The van der Waals surface area contributed by atoms with Crippen molar-refractivity contribution >= 4 is 42.3 Å². The molecular weight excluding hydrogens is 456 g/mol. The zero-order valence-electron chi connectivity index (χ0n) is 18.3. The van der Waals surface area contributed by atoms with E-state index in [9.17, 15) is 24.0 Å². The van der Waals surface area contributed by atoms with Gasteiger partial charge in [-0.2, -0.15) is 12.6 Å². The average Bonchev–Trinajstić information content (AvgIpc) is 3.22. The number of rotatable bonds is 14. The fourth-order valence-electron chi connectivity index (χ4n) is 2.83. The van der Waals surface area contributed by atoms with Crippen molar-refractivity contribution in [3.63, 3.8) is 0 Å². The van der Waals surface area contributed by atoms with E-state index in [1.165, 1.54) is 12.5 Å². The first-order valence-corrected chi connectivity index (χ1v) is 10.8. The van der Waals surface area contributed by atoms with E-state index < -0.39 is 60.2 Å². The molecule has 8 N–H and O–H groups in total. The number of hydrogen-bond donors (Lipinski definition) is 8. The Balaban J connectivity index is 2.93. The lowest BCUT2D eigenvalue weighted by Gasteiger charge is -2.24. The van der Waals surface area contributed by atoms with Gasteiger partial charge in [-0.3, -0.25) is 19.2 Å². The number of aliphatic carboxylic acids is 2. The van der Waals surface area contributed by atoms with Gasteiger partial charge in [0.2, 0.25) is 17.7 Å². The first-order valence-electron chi connectivity index (χ1n) is 10.1. The molecule has 33 heavy (non-hydrogen) atoms. The summed E-state index contributed by atoms with van der Waals surface area (Å²) in [6.07, 6.45) is 2.43. The molecule has 0 aliphatic heterocycles. The number of aromatic nitrogens is 2. The van der Waals surface area contributed by atoms with Crippen LogP contribution >= 0.6 is 12.6 Å². The van der Waals surface area contributed by atoms with Crippen LogP contribution in [0.25, 0.3) is 0 Å². The number of aromatic amines is 1. The van der Waals surface area contributed by atoms with Crippen molar-refractivity contribution in [1.82, 2.24) is 25.9 Å². The number of thiol groups is 1. The third kappa shape index (κ3) is 9.91. The summed E-state index contributed by atoms with van der Waals surface area (Å²) in [6, 6.07) is -4.95. The van der Waals surface area contributed by atoms with E-state index >= 15 is 0 Å². The van der Waals surface area contributed by atoms with Crippen LogP contribution in [0.5, 0.6) is 0 Å². The number of nitrogens with zero attached hydrogens (tertiary/aromatic N) is 1. The highest BCUT2D eigenvalue weighted by atomic mass is 32.1. The van der Waals surface area contributed by atoms with Crippen LogP contribution < -0.4 is 21.7 Å². The maximum atomic E-state index is 12.9. The van der Waals surface area contributed by atoms with Crippen LogP contribution in [0.15, 0.2) is 12.5 Å². The van der Waals surface area contributed by atoms with Crippen molar-refractivity contribution in [2.24, 2.45) is 11.7 Å². The van der Waals surface area contributed by atoms with E-state index in [1.807, 2.05) is 13.8 Å². The smallest absolute Gasteiger partial charge is 0.326 e. The molecule has 0 aliphatic carbocycles. The molecule has 0 radical (unpaired) electrons. The lowest BCUT2D eigenvalue weighted by atomic mass is 10.0. The molecule has 0 saturated carbocycles. The lowest BCUT2D eigenvalue weighted by Crippen LogP contribution is -2.58. The summed E-state index contributed by atoms with van der Waals surface area (Å²) in [5, 5.41) is 24.9. The number of carboxylic acids is 2. The van der Waals surface area contributed by atoms with Crippen LogP contribution in [0.2, 0.25) is 0 Å². The van der Waals surface area contributed by atoms with E-state index in [-0.39, 0.29) is 18.1 Å². The molecule has 0 saturated heterocycles. The standard InChI is InChI=1S/C19H30N6O7S/c1-9(2)3-11(20)16(28)23-12(4-10-6-21-8-22-10)17(29)25-14(7-33)18(30)24-13(19(31)32)5-15(26)27/h6,8-9,11-14,33H,3-5,7,20H2,1-2H3,(H,21,22)(H,23,28)(H,24,30)(H,25,29)(H,26,27)(H,31,32). The topological polar surface area (TPSA) is 217 Å². The number of nitrogens with two attached hydrogens (primary N) is 1. The lowest BCUT2D eigenvalue weighted by molar-refractivity contribution is -0.147. The van der Waals surface area contributed by atoms with Crippen LogP contribution in [-0.4, -0.2) is 79.8 Å². The number of hydrogen-bond acceptors (Lipinski definition) is 8. The summed E-state index contributed by atoms with van der Waals surface area (Å²) >= 11 is 4.01. The van der Waals surface area contributed by atoms with E-state index in [0.717, 1.165) is 0 Å². The fraction of sp³-hybridized carbons (Fsp3) is 0.579. The molecule has 1 heterocycles. The van der Waals surface area contributed by atoms with Crippen LogP contribution in [-0.2, 0) is 30.4 Å². The third-order valence-corrected chi connectivity index (χ3v) is 4.85. The highest BCUT2D eigenvalue weighted by Gasteiger charge is 2.31. The SMILES string of the molecule is CC(C)CC(N)C(=O)NC(Cc1cnc[nH]1)C(=O)NC(CS)C(=O)NC(CC(=O)O)C(=O)O. The second kappa shape index (κ2) is 13.4. The van der Waals surface area contributed by atoms with E-state index in [1.54, 1.807) is 0 Å². The maximum absolute atomic E-state index is 12.9. The number of carboxylic acid groups (broad SMARTS) is 2. The molecule has 4 atom stereocenters. The summed E-state index contributed by atoms with van der Waals surface area (Å²) in [4.78, 5) is 66.5. The van der Waals surface area contributed by atoms with Gasteiger partial charge in [-0.1, -0.05) is 13.8 Å². The van der Waals surface area contributed by atoms with Gasteiger partial charge in [0.25, 0.3) is 0 Å². The molecule has 4 unspecified atom stereocenters. The minimum absolute atomic E-state index is 0.0175. The van der Waals surface area contributed by atoms with Crippen molar-refractivity contribution in [3.8, 4) is 0 Å². The molecule has 1 aromatic rings. The quantitative estimate of drug-likeness (QED) is 0.140. The molecule has 184 valence electrons. The molecule has 1 rings (SSSR count). The van der Waals surface area contributed by atoms with Crippen molar-refractivity contribution in [2.45, 2.75) is 57.3 Å². The predicted molar refractivity (Wildman–Crippen MR) is 119 cm³/mol. The van der Waals surface area contributed by atoms with Gasteiger partial charge in [-0.25, -0.2) is 9.78 Å². The van der Waals surface area contributed by atoms with Crippen LogP contribution in [0.1, 0.15) is 32.4 Å². The number of H-pyrrole nitrogens is 1. The van der Waals surface area contributed by atoms with Gasteiger partial charge in [0, 0.05) is 24.1 Å². The first-order chi connectivity index (χ1) is 15.4. The Hall–Kier alpha value is -3.13. The van der Waals surface area contributed by atoms with Gasteiger partial charge in [0.15, 0.2) is 0 Å². The number of amides is 3. The maximum Gasteiger partial charge on any atom is 0.326 e. The number of carbonyl (C=O) groups excluding carboxylic acids is 3. The minimum atomic E-state index is -1.69. The molecule has 0 aromatic carbocycles. The Bertz CT molecular complexity index is 833. The molecule has 3 amide bonds. The molecule has 0 spiro atoms. The van der Waals surface area contributed by atoms with E-state index in [4.69, 9.17) is 15.9 Å². The first kappa shape index (κ1) is 27.9. The minimum Gasteiger partial charge on any atom is -0.481 e. The van der Waals surface area contributed by atoms with Crippen LogP contribution in [0, 0.1) is 5.92 Å². The average molecular weight is 487 g/mol. The molecule has 0 bridgehead atoms. The predicted octanol–water partition coefficient (Wildman–Crippen LogP) is -1.73. The zero-order valence-corrected chi connectivity index (χ0v) is 19.2. The highest BCUT2D eigenvalue weighted by molar-refractivity contribution is 7.80. The van der Waals surface area contributed by atoms with Crippen molar-refractivity contribution < 1.29 is 34.2 Å². The number of nitrogens with one attached hydrogen (secondary N) is 4. The number of imidazole rings is 1. The van der Waals surface area contributed by atoms with Crippen molar-refractivity contribution in [3.05, 3.63) is 18.2 Å². The fourth-order valence-corrected chi connectivity index (χ4v) is 3.09. The van der Waals surface area contributed by atoms with Gasteiger partial charge in [-0.15, -0.1) is 0 Å². The van der Waals surface area contributed by atoms with Gasteiger partial charge in [-0.05, 0) is 12.3 Å². The zero-order chi connectivity index (χ0) is 25.1. The molecule has 1 aromatic heterocycles. The van der Waals surface area contributed by atoms with Gasteiger partial charge >= 0.3 is 11.9 Å². The normalized spacial score (nSPS) is 14.6. The molecule has 14 heteroatoms. The summed E-state index contributed by atoms with van der Waals surface area (Å²) in [5.41, 5.74) is 6.43. The number of carbonyl (C=O) groups is 5. The van der Waals surface area contributed by atoms with Crippen LogP contribution in [0.4, 0.5) is 0 Å². The Morgan fingerprint density at radius 3 is 2.09 bits per heavy atom. The van der Waals surface area contributed by atoms with Crippen molar-refractivity contribution in [2.75, 3.05) is 5.75 Å². The summed E-state index contributed by atoms with van der Waals surface area (Å²) < 4.78 is 0. The molecule has 0 aliphatic rings. The van der Waals surface area contributed by atoms with Gasteiger partial charge in [0.05, 0.1) is 18.8 Å². The van der Waals surface area contributed by atoms with Crippen molar-refractivity contribution in [1.29, 1.82) is 0 Å².